The maximum atomic E-state index is 5.78. The molecule has 1 aromatic heterocycles. The normalized spacial score (nSPS) is 10.3. The highest BCUT2D eigenvalue weighted by Crippen LogP contribution is 2.21. The Bertz CT molecular complexity index is 463. The van der Waals surface area contributed by atoms with Crippen molar-refractivity contribution in [3.05, 3.63) is 42.2 Å². The lowest BCUT2D eigenvalue weighted by Gasteiger charge is -2.04. The van der Waals surface area contributed by atoms with Crippen LogP contribution in [0.15, 0.2) is 36.7 Å². The van der Waals surface area contributed by atoms with Crippen molar-refractivity contribution in [2.24, 2.45) is 0 Å². The summed E-state index contributed by atoms with van der Waals surface area (Å²) in [5, 5.41) is 0. The predicted octanol–water partition coefficient (Wildman–Crippen LogP) is 2.68. The van der Waals surface area contributed by atoms with Crippen molar-refractivity contribution in [3.8, 4) is 11.3 Å². The monoisotopic (exact) mass is 213 g/mol. The third-order valence-corrected chi connectivity index (χ3v) is 2.49. The highest BCUT2D eigenvalue weighted by atomic mass is 14.9. The summed E-state index contributed by atoms with van der Waals surface area (Å²) < 4.78 is 0. The number of anilines is 1. The van der Waals surface area contributed by atoms with Gasteiger partial charge in [-0.1, -0.05) is 37.6 Å². The lowest BCUT2D eigenvalue weighted by molar-refractivity contribution is 0.922. The van der Waals surface area contributed by atoms with Crippen molar-refractivity contribution in [1.29, 1.82) is 0 Å². The fraction of sp³-hybridized carbons (Fsp3) is 0.231. The molecule has 0 unspecified atom stereocenters. The fourth-order valence-electron chi connectivity index (χ4n) is 1.69. The van der Waals surface area contributed by atoms with Crippen LogP contribution in [0.25, 0.3) is 11.3 Å². The van der Waals surface area contributed by atoms with E-state index in [1.165, 1.54) is 5.56 Å². The SMILES string of the molecule is CCCc1ccc(-c2nccnc2N)cc1. The molecule has 16 heavy (non-hydrogen) atoms. The number of nitrogen functional groups attached to an aromatic ring is 1. The summed E-state index contributed by atoms with van der Waals surface area (Å²) >= 11 is 0. The molecule has 0 atom stereocenters. The second kappa shape index (κ2) is 4.75. The van der Waals surface area contributed by atoms with Gasteiger partial charge in [-0.25, -0.2) is 4.98 Å². The largest absolute Gasteiger partial charge is 0.382 e. The molecule has 2 aromatic rings. The van der Waals surface area contributed by atoms with Crippen LogP contribution >= 0.6 is 0 Å². The molecule has 3 heteroatoms. The molecule has 0 saturated carbocycles. The molecule has 0 aliphatic carbocycles. The van der Waals surface area contributed by atoms with E-state index in [1.54, 1.807) is 12.4 Å². The number of aryl methyl sites for hydroxylation is 1. The molecule has 0 spiro atoms. The zero-order valence-electron chi connectivity index (χ0n) is 9.35. The third kappa shape index (κ3) is 2.19. The summed E-state index contributed by atoms with van der Waals surface area (Å²) in [4.78, 5) is 8.27. The average molecular weight is 213 g/mol. The Morgan fingerprint density at radius 2 is 1.75 bits per heavy atom. The standard InChI is InChI=1S/C13H15N3/c1-2-3-10-4-6-11(7-5-10)12-13(14)16-9-8-15-12/h4-9H,2-3H2,1H3,(H2,14,16). The quantitative estimate of drug-likeness (QED) is 0.852. The molecule has 0 saturated heterocycles. The minimum atomic E-state index is 0.478. The van der Waals surface area contributed by atoms with Crippen LogP contribution in [0.2, 0.25) is 0 Å². The van der Waals surface area contributed by atoms with Crippen LogP contribution in [-0.2, 0) is 6.42 Å². The van der Waals surface area contributed by atoms with Gasteiger partial charge in [0.1, 0.15) is 11.5 Å². The van der Waals surface area contributed by atoms with E-state index in [4.69, 9.17) is 5.73 Å². The van der Waals surface area contributed by atoms with Crippen LogP contribution in [0.1, 0.15) is 18.9 Å². The predicted molar refractivity (Wildman–Crippen MR) is 65.9 cm³/mol. The first-order valence-electron chi connectivity index (χ1n) is 5.47. The minimum absolute atomic E-state index is 0.478. The molecule has 1 aromatic carbocycles. The molecule has 0 bridgehead atoms. The van der Waals surface area contributed by atoms with Crippen molar-refractivity contribution in [2.75, 3.05) is 5.73 Å². The maximum Gasteiger partial charge on any atom is 0.149 e. The lowest BCUT2D eigenvalue weighted by Crippen LogP contribution is -1.96. The Balaban J connectivity index is 2.31. The summed E-state index contributed by atoms with van der Waals surface area (Å²) in [6.45, 7) is 2.18. The van der Waals surface area contributed by atoms with Gasteiger partial charge in [0.2, 0.25) is 0 Å². The number of nitrogens with two attached hydrogens (primary N) is 1. The Kier molecular flexibility index (Phi) is 3.15. The Morgan fingerprint density at radius 3 is 2.38 bits per heavy atom. The van der Waals surface area contributed by atoms with Gasteiger partial charge < -0.3 is 5.73 Å². The smallest absolute Gasteiger partial charge is 0.149 e. The Hall–Kier alpha value is -1.90. The van der Waals surface area contributed by atoms with Gasteiger partial charge in [0.15, 0.2) is 0 Å². The zero-order valence-corrected chi connectivity index (χ0v) is 9.35. The highest BCUT2D eigenvalue weighted by molar-refractivity contribution is 5.69. The van der Waals surface area contributed by atoms with Crippen LogP contribution in [0.5, 0.6) is 0 Å². The van der Waals surface area contributed by atoms with Gasteiger partial charge in [-0.05, 0) is 12.0 Å². The topological polar surface area (TPSA) is 51.8 Å². The number of benzene rings is 1. The first-order chi connectivity index (χ1) is 7.81. The zero-order chi connectivity index (χ0) is 11.4. The van der Waals surface area contributed by atoms with Gasteiger partial charge in [-0.2, -0.15) is 0 Å². The molecule has 0 aliphatic rings. The molecular weight excluding hydrogens is 198 g/mol. The molecule has 0 fully saturated rings. The lowest BCUT2D eigenvalue weighted by atomic mass is 10.1. The maximum absolute atomic E-state index is 5.78. The molecule has 3 nitrogen and oxygen atoms in total. The molecule has 2 rings (SSSR count). The van der Waals surface area contributed by atoms with E-state index >= 15 is 0 Å². The Morgan fingerprint density at radius 1 is 1.06 bits per heavy atom. The summed E-state index contributed by atoms with van der Waals surface area (Å²) in [7, 11) is 0. The molecule has 0 radical (unpaired) electrons. The van der Waals surface area contributed by atoms with Crippen LogP contribution < -0.4 is 5.73 Å². The van der Waals surface area contributed by atoms with E-state index in [-0.39, 0.29) is 0 Å². The van der Waals surface area contributed by atoms with E-state index in [0.717, 1.165) is 24.1 Å². The van der Waals surface area contributed by atoms with Crippen molar-refractivity contribution >= 4 is 5.82 Å². The summed E-state index contributed by atoms with van der Waals surface area (Å²) in [6, 6.07) is 8.33. The van der Waals surface area contributed by atoms with Gasteiger partial charge in [0.25, 0.3) is 0 Å². The number of hydrogen-bond acceptors (Lipinski definition) is 3. The Labute approximate surface area is 95.4 Å². The molecule has 2 N–H and O–H groups in total. The number of hydrogen-bond donors (Lipinski definition) is 1. The van der Waals surface area contributed by atoms with E-state index in [9.17, 15) is 0 Å². The number of nitrogens with zero attached hydrogens (tertiary/aromatic N) is 2. The van der Waals surface area contributed by atoms with Crippen LogP contribution in [-0.4, -0.2) is 9.97 Å². The minimum Gasteiger partial charge on any atom is -0.382 e. The second-order valence-corrected chi connectivity index (χ2v) is 3.74. The van der Waals surface area contributed by atoms with E-state index < -0.39 is 0 Å². The molecular formula is C13H15N3. The fourth-order valence-corrected chi connectivity index (χ4v) is 1.69. The first kappa shape index (κ1) is 10.6. The average Bonchev–Trinajstić information content (AvgIpc) is 2.31. The van der Waals surface area contributed by atoms with E-state index in [0.29, 0.717) is 5.82 Å². The van der Waals surface area contributed by atoms with Gasteiger partial charge in [0.05, 0.1) is 0 Å². The number of rotatable bonds is 3. The van der Waals surface area contributed by atoms with E-state index in [1.807, 2.05) is 12.1 Å². The molecule has 82 valence electrons. The van der Waals surface area contributed by atoms with Crippen molar-refractivity contribution < 1.29 is 0 Å². The van der Waals surface area contributed by atoms with Gasteiger partial charge in [-0.3, -0.25) is 4.98 Å². The summed E-state index contributed by atoms with van der Waals surface area (Å²) in [6.07, 6.45) is 5.53. The van der Waals surface area contributed by atoms with Crippen LogP contribution in [0.4, 0.5) is 5.82 Å². The first-order valence-corrected chi connectivity index (χ1v) is 5.47. The summed E-state index contributed by atoms with van der Waals surface area (Å²) in [5.74, 6) is 0.478. The van der Waals surface area contributed by atoms with E-state index in [2.05, 4.69) is 29.0 Å². The van der Waals surface area contributed by atoms with Crippen LogP contribution in [0.3, 0.4) is 0 Å². The molecule has 1 heterocycles. The number of aromatic nitrogens is 2. The van der Waals surface area contributed by atoms with Crippen molar-refractivity contribution in [3.63, 3.8) is 0 Å². The van der Waals surface area contributed by atoms with Gasteiger partial charge >= 0.3 is 0 Å². The summed E-state index contributed by atoms with van der Waals surface area (Å²) in [5.41, 5.74) is 8.89. The molecule has 0 amide bonds. The second-order valence-electron chi connectivity index (χ2n) is 3.74. The van der Waals surface area contributed by atoms with Gasteiger partial charge in [0, 0.05) is 18.0 Å². The van der Waals surface area contributed by atoms with Crippen molar-refractivity contribution in [1.82, 2.24) is 9.97 Å². The van der Waals surface area contributed by atoms with Gasteiger partial charge in [-0.15, -0.1) is 0 Å². The van der Waals surface area contributed by atoms with Crippen LogP contribution in [0, 0.1) is 0 Å². The molecule has 0 aliphatic heterocycles. The third-order valence-electron chi connectivity index (χ3n) is 2.49. The highest BCUT2D eigenvalue weighted by Gasteiger charge is 2.03. The van der Waals surface area contributed by atoms with Crippen molar-refractivity contribution in [2.45, 2.75) is 19.8 Å².